The number of rotatable bonds is 8. The molecule has 0 unspecified atom stereocenters. The van der Waals surface area contributed by atoms with Crippen LogP contribution in [0.3, 0.4) is 0 Å². The molecule has 0 saturated carbocycles. The molecule has 0 radical (unpaired) electrons. The maximum Gasteiger partial charge on any atom is 0.163 e. The van der Waals surface area contributed by atoms with Crippen molar-refractivity contribution in [1.29, 1.82) is 0 Å². The van der Waals surface area contributed by atoms with Crippen LogP contribution in [0.5, 0.6) is 0 Å². The van der Waals surface area contributed by atoms with E-state index in [1.54, 1.807) is 0 Å². The van der Waals surface area contributed by atoms with Crippen LogP contribution in [-0.4, -0.2) is 42.1 Å². The summed E-state index contributed by atoms with van der Waals surface area (Å²) in [5, 5.41) is 6.89. The molecule has 1 heterocycles. The fraction of sp³-hybridized carbons (Fsp3) is 0.304. The molecule has 0 aliphatic carbocycles. The largest absolute Gasteiger partial charge is 0.370 e. The average molecular weight is 376 g/mol. The molecule has 0 aliphatic rings. The van der Waals surface area contributed by atoms with Crippen molar-refractivity contribution in [2.45, 2.75) is 20.3 Å². The summed E-state index contributed by atoms with van der Waals surface area (Å²) in [6.07, 6.45) is 1.05. The van der Waals surface area contributed by atoms with E-state index in [2.05, 4.69) is 61.7 Å². The molecule has 0 saturated heterocycles. The molecular weight excluding hydrogens is 346 g/mol. The van der Waals surface area contributed by atoms with E-state index in [-0.39, 0.29) is 0 Å². The van der Waals surface area contributed by atoms with E-state index in [1.165, 1.54) is 11.1 Å². The van der Waals surface area contributed by atoms with Gasteiger partial charge in [-0.05, 0) is 64.2 Å². The minimum atomic E-state index is 0.713. The monoisotopic (exact) mass is 375 g/mol. The molecule has 0 amide bonds. The lowest BCUT2D eigenvalue weighted by Gasteiger charge is -2.13. The van der Waals surface area contributed by atoms with Crippen LogP contribution in [0.4, 0.5) is 17.3 Å². The van der Waals surface area contributed by atoms with Crippen LogP contribution in [0, 0.1) is 13.8 Å². The van der Waals surface area contributed by atoms with Gasteiger partial charge in [-0.2, -0.15) is 0 Å². The van der Waals surface area contributed by atoms with Gasteiger partial charge in [-0.15, -0.1) is 0 Å². The summed E-state index contributed by atoms with van der Waals surface area (Å²) in [4.78, 5) is 11.7. The minimum absolute atomic E-state index is 0.713. The van der Waals surface area contributed by atoms with Crippen molar-refractivity contribution in [3.8, 4) is 11.4 Å². The van der Waals surface area contributed by atoms with Crippen LogP contribution in [0.25, 0.3) is 11.4 Å². The summed E-state index contributed by atoms with van der Waals surface area (Å²) >= 11 is 0. The fourth-order valence-corrected chi connectivity index (χ4v) is 3.12. The molecule has 0 bridgehead atoms. The Morgan fingerprint density at radius 1 is 0.857 bits per heavy atom. The van der Waals surface area contributed by atoms with Crippen molar-refractivity contribution in [3.05, 3.63) is 65.7 Å². The van der Waals surface area contributed by atoms with Crippen LogP contribution < -0.4 is 10.6 Å². The standard InChI is InChI=1S/C23H29N5/c1-17-13-18(2)15-20(14-17)25-22-16-21(24-11-8-12-28(3)4)26-23(27-22)19-9-6-5-7-10-19/h5-7,9-10,13-16H,8,11-12H2,1-4H3,(H2,24,25,26,27). The van der Waals surface area contributed by atoms with Crippen LogP contribution in [0.1, 0.15) is 17.5 Å². The van der Waals surface area contributed by atoms with Gasteiger partial charge in [0.2, 0.25) is 0 Å². The summed E-state index contributed by atoms with van der Waals surface area (Å²) in [6, 6.07) is 18.5. The first-order valence-electron chi connectivity index (χ1n) is 9.68. The third-order valence-electron chi connectivity index (χ3n) is 4.34. The molecule has 2 N–H and O–H groups in total. The molecule has 0 aliphatic heterocycles. The molecule has 5 heteroatoms. The number of aryl methyl sites for hydroxylation is 2. The Balaban J connectivity index is 1.86. The van der Waals surface area contributed by atoms with E-state index in [0.717, 1.165) is 42.4 Å². The molecule has 3 aromatic rings. The normalized spacial score (nSPS) is 10.9. The van der Waals surface area contributed by atoms with Gasteiger partial charge in [0.25, 0.3) is 0 Å². The molecule has 28 heavy (non-hydrogen) atoms. The maximum absolute atomic E-state index is 4.74. The van der Waals surface area contributed by atoms with Crippen molar-refractivity contribution in [3.63, 3.8) is 0 Å². The zero-order chi connectivity index (χ0) is 19.9. The van der Waals surface area contributed by atoms with Crippen molar-refractivity contribution >= 4 is 17.3 Å². The average Bonchev–Trinajstić information content (AvgIpc) is 2.65. The first kappa shape index (κ1) is 19.8. The number of nitrogens with zero attached hydrogens (tertiary/aromatic N) is 3. The van der Waals surface area contributed by atoms with Crippen molar-refractivity contribution in [2.24, 2.45) is 0 Å². The van der Waals surface area contributed by atoms with E-state index in [4.69, 9.17) is 9.97 Å². The Labute approximate surface area is 167 Å². The molecule has 146 valence electrons. The van der Waals surface area contributed by atoms with E-state index in [9.17, 15) is 0 Å². The lowest BCUT2D eigenvalue weighted by Crippen LogP contribution is -2.16. The Morgan fingerprint density at radius 2 is 1.54 bits per heavy atom. The van der Waals surface area contributed by atoms with Crippen LogP contribution in [0.15, 0.2) is 54.6 Å². The van der Waals surface area contributed by atoms with Crippen LogP contribution in [-0.2, 0) is 0 Å². The van der Waals surface area contributed by atoms with Gasteiger partial charge in [0.05, 0.1) is 0 Å². The third-order valence-corrected chi connectivity index (χ3v) is 4.34. The summed E-state index contributed by atoms with van der Waals surface area (Å²) in [5.74, 6) is 2.33. The number of benzene rings is 2. The van der Waals surface area contributed by atoms with Gasteiger partial charge in [0.15, 0.2) is 5.82 Å². The second-order valence-electron chi connectivity index (χ2n) is 7.41. The zero-order valence-electron chi connectivity index (χ0n) is 17.2. The Bertz CT molecular complexity index is 886. The SMILES string of the molecule is Cc1cc(C)cc(Nc2cc(NCCCN(C)C)nc(-c3ccccc3)n2)c1. The number of hydrogen-bond acceptors (Lipinski definition) is 5. The molecular formula is C23H29N5. The van der Waals surface area contributed by atoms with Gasteiger partial charge in [-0.25, -0.2) is 9.97 Å². The van der Waals surface area contributed by atoms with Crippen molar-refractivity contribution in [1.82, 2.24) is 14.9 Å². The predicted molar refractivity (Wildman–Crippen MR) is 118 cm³/mol. The highest BCUT2D eigenvalue weighted by Crippen LogP contribution is 2.24. The van der Waals surface area contributed by atoms with Gasteiger partial charge in [0.1, 0.15) is 11.6 Å². The molecule has 3 rings (SSSR count). The molecule has 5 nitrogen and oxygen atoms in total. The minimum Gasteiger partial charge on any atom is -0.370 e. The van der Waals surface area contributed by atoms with E-state index in [0.29, 0.717) is 5.82 Å². The number of nitrogens with one attached hydrogen (secondary N) is 2. The third kappa shape index (κ3) is 5.79. The lowest BCUT2D eigenvalue weighted by molar-refractivity contribution is 0.405. The summed E-state index contributed by atoms with van der Waals surface area (Å²) in [5.41, 5.74) is 4.49. The van der Waals surface area contributed by atoms with Gasteiger partial charge in [0, 0.05) is 23.9 Å². The fourth-order valence-electron chi connectivity index (χ4n) is 3.12. The van der Waals surface area contributed by atoms with E-state index < -0.39 is 0 Å². The zero-order valence-corrected chi connectivity index (χ0v) is 17.2. The van der Waals surface area contributed by atoms with Crippen LogP contribution in [0.2, 0.25) is 0 Å². The second kappa shape index (κ2) is 9.33. The topological polar surface area (TPSA) is 53.1 Å². The van der Waals surface area contributed by atoms with Gasteiger partial charge >= 0.3 is 0 Å². The number of anilines is 3. The summed E-state index contributed by atoms with van der Waals surface area (Å²) in [6.45, 7) is 6.11. The first-order chi connectivity index (χ1) is 13.5. The lowest BCUT2D eigenvalue weighted by atomic mass is 10.1. The number of aromatic nitrogens is 2. The highest BCUT2D eigenvalue weighted by molar-refractivity contribution is 5.65. The summed E-state index contributed by atoms with van der Waals surface area (Å²) in [7, 11) is 4.17. The maximum atomic E-state index is 4.74. The highest BCUT2D eigenvalue weighted by atomic mass is 15.1. The van der Waals surface area contributed by atoms with Crippen LogP contribution >= 0.6 is 0 Å². The van der Waals surface area contributed by atoms with Gasteiger partial charge in [-0.1, -0.05) is 36.4 Å². The summed E-state index contributed by atoms with van der Waals surface area (Å²) < 4.78 is 0. The van der Waals surface area contributed by atoms with Gasteiger partial charge in [-0.3, -0.25) is 0 Å². The van der Waals surface area contributed by atoms with Gasteiger partial charge < -0.3 is 15.5 Å². The molecule has 0 spiro atoms. The molecule has 0 atom stereocenters. The first-order valence-corrected chi connectivity index (χ1v) is 9.68. The van der Waals surface area contributed by atoms with Crippen molar-refractivity contribution < 1.29 is 0 Å². The predicted octanol–water partition coefficient (Wildman–Crippen LogP) is 4.87. The van der Waals surface area contributed by atoms with E-state index in [1.807, 2.05) is 36.4 Å². The number of hydrogen-bond donors (Lipinski definition) is 2. The Kier molecular flexibility index (Phi) is 6.61. The molecule has 0 fully saturated rings. The Morgan fingerprint density at radius 3 is 2.21 bits per heavy atom. The second-order valence-corrected chi connectivity index (χ2v) is 7.41. The van der Waals surface area contributed by atoms with E-state index >= 15 is 0 Å². The molecule has 1 aromatic heterocycles. The molecule has 2 aromatic carbocycles. The smallest absolute Gasteiger partial charge is 0.163 e. The Hall–Kier alpha value is -2.92. The van der Waals surface area contributed by atoms with Crippen molar-refractivity contribution in [2.75, 3.05) is 37.8 Å². The highest BCUT2D eigenvalue weighted by Gasteiger charge is 2.08. The quantitative estimate of drug-likeness (QED) is 0.550.